The van der Waals surface area contributed by atoms with Crippen LogP contribution in [0.4, 0.5) is 0 Å². The lowest BCUT2D eigenvalue weighted by atomic mass is 9.79. The van der Waals surface area contributed by atoms with Crippen molar-refractivity contribution in [3.8, 4) is 0 Å². The van der Waals surface area contributed by atoms with E-state index >= 15 is 0 Å². The number of carbonyl (C=O) groups excluding carboxylic acids is 1. The number of hydrogen-bond donors (Lipinski definition) is 1. The first-order valence-corrected chi connectivity index (χ1v) is 6.56. The molecule has 18 heavy (non-hydrogen) atoms. The van der Waals surface area contributed by atoms with E-state index in [9.17, 15) is 4.79 Å². The van der Waals surface area contributed by atoms with Crippen molar-refractivity contribution in [2.75, 3.05) is 27.4 Å². The van der Waals surface area contributed by atoms with Gasteiger partial charge in [0.15, 0.2) is 0 Å². The second-order valence-corrected chi connectivity index (χ2v) is 5.14. The molecule has 0 aromatic carbocycles. The summed E-state index contributed by atoms with van der Waals surface area (Å²) in [5, 5.41) is 3.26. The highest BCUT2D eigenvalue weighted by molar-refractivity contribution is 5.76. The van der Waals surface area contributed by atoms with E-state index in [1.807, 2.05) is 0 Å². The number of rotatable bonds is 6. The molecule has 4 nitrogen and oxygen atoms in total. The standard InChI is InChI=1S/C14H25NO3/c1-10-7-11(2)9-12(8-10)13(14(16)18-4)15-5-6-17-3/h7,10,12-13,15H,5-6,8-9H2,1-4H3. The lowest BCUT2D eigenvalue weighted by Gasteiger charge is -2.31. The maximum atomic E-state index is 11.9. The van der Waals surface area contributed by atoms with Crippen LogP contribution >= 0.6 is 0 Å². The van der Waals surface area contributed by atoms with Crippen LogP contribution in [-0.4, -0.2) is 39.4 Å². The molecule has 0 bridgehead atoms. The fourth-order valence-corrected chi connectivity index (χ4v) is 2.74. The Hall–Kier alpha value is -0.870. The summed E-state index contributed by atoms with van der Waals surface area (Å²) >= 11 is 0. The number of nitrogens with one attached hydrogen (secondary N) is 1. The highest BCUT2D eigenvalue weighted by atomic mass is 16.5. The van der Waals surface area contributed by atoms with Crippen LogP contribution in [0.15, 0.2) is 11.6 Å². The molecule has 0 aromatic heterocycles. The molecule has 4 heteroatoms. The van der Waals surface area contributed by atoms with Gasteiger partial charge in [0.1, 0.15) is 6.04 Å². The Labute approximate surface area is 110 Å². The van der Waals surface area contributed by atoms with Gasteiger partial charge in [-0.15, -0.1) is 0 Å². The van der Waals surface area contributed by atoms with Crippen LogP contribution in [0.25, 0.3) is 0 Å². The van der Waals surface area contributed by atoms with Gasteiger partial charge >= 0.3 is 5.97 Å². The van der Waals surface area contributed by atoms with Crippen LogP contribution in [0, 0.1) is 11.8 Å². The number of allylic oxidation sites excluding steroid dienone is 2. The molecule has 104 valence electrons. The molecule has 0 aromatic rings. The van der Waals surface area contributed by atoms with Gasteiger partial charge in [-0.05, 0) is 31.6 Å². The number of carbonyl (C=O) groups is 1. The monoisotopic (exact) mass is 255 g/mol. The summed E-state index contributed by atoms with van der Waals surface area (Å²) in [6.45, 7) is 5.60. The molecule has 1 aliphatic rings. The molecule has 0 heterocycles. The summed E-state index contributed by atoms with van der Waals surface area (Å²) in [6.07, 6.45) is 4.28. The average molecular weight is 255 g/mol. The van der Waals surface area contributed by atoms with Crippen LogP contribution < -0.4 is 5.32 Å². The summed E-state index contributed by atoms with van der Waals surface area (Å²) in [6, 6.07) is -0.226. The summed E-state index contributed by atoms with van der Waals surface area (Å²) in [7, 11) is 3.10. The van der Waals surface area contributed by atoms with Gasteiger partial charge in [-0.1, -0.05) is 18.6 Å². The lowest BCUT2D eigenvalue weighted by Crippen LogP contribution is -2.46. The Morgan fingerprint density at radius 3 is 2.83 bits per heavy atom. The van der Waals surface area contributed by atoms with E-state index in [0.717, 1.165) is 12.8 Å². The van der Waals surface area contributed by atoms with E-state index in [-0.39, 0.29) is 12.0 Å². The lowest BCUT2D eigenvalue weighted by molar-refractivity contribution is -0.145. The summed E-state index contributed by atoms with van der Waals surface area (Å²) in [5.41, 5.74) is 1.36. The maximum absolute atomic E-state index is 11.9. The van der Waals surface area contributed by atoms with Crippen molar-refractivity contribution in [2.45, 2.75) is 32.7 Å². The first-order valence-electron chi connectivity index (χ1n) is 6.56. The van der Waals surface area contributed by atoms with Crippen molar-refractivity contribution < 1.29 is 14.3 Å². The average Bonchev–Trinajstić information content (AvgIpc) is 2.32. The molecule has 3 unspecified atom stereocenters. The van der Waals surface area contributed by atoms with Crippen LogP contribution in [-0.2, 0) is 14.3 Å². The molecule has 3 atom stereocenters. The van der Waals surface area contributed by atoms with E-state index in [0.29, 0.717) is 25.0 Å². The highest BCUT2D eigenvalue weighted by Gasteiger charge is 2.31. The molecule has 0 saturated heterocycles. The van der Waals surface area contributed by atoms with Gasteiger partial charge < -0.3 is 14.8 Å². The minimum atomic E-state index is -0.226. The molecule has 0 fully saturated rings. The zero-order valence-electron chi connectivity index (χ0n) is 11.9. The second kappa shape index (κ2) is 7.54. The summed E-state index contributed by atoms with van der Waals surface area (Å²) < 4.78 is 9.91. The number of esters is 1. The molecule has 0 aliphatic heterocycles. The van der Waals surface area contributed by atoms with Gasteiger partial charge in [-0.2, -0.15) is 0 Å². The smallest absolute Gasteiger partial charge is 0.323 e. The summed E-state index contributed by atoms with van der Waals surface area (Å²) in [5.74, 6) is 0.674. The molecule has 0 saturated carbocycles. The van der Waals surface area contributed by atoms with Crippen molar-refractivity contribution in [1.82, 2.24) is 5.32 Å². The SMILES string of the molecule is COCCNC(C(=O)OC)C1CC(C)=CC(C)C1. The van der Waals surface area contributed by atoms with Crippen LogP contribution in [0.1, 0.15) is 26.7 Å². The Morgan fingerprint density at radius 2 is 2.28 bits per heavy atom. The molecule has 1 rings (SSSR count). The van der Waals surface area contributed by atoms with Gasteiger partial charge in [0.25, 0.3) is 0 Å². The van der Waals surface area contributed by atoms with Crippen molar-refractivity contribution in [3.63, 3.8) is 0 Å². The van der Waals surface area contributed by atoms with Crippen molar-refractivity contribution in [3.05, 3.63) is 11.6 Å². The first-order chi connectivity index (χ1) is 8.58. The number of hydrogen-bond acceptors (Lipinski definition) is 4. The number of ether oxygens (including phenoxy) is 2. The highest BCUT2D eigenvalue weighted by Crippen LogP contribution is 2.30. The molecular weight excluding hydrogens is 230 g/mol. The molecule has 1 aliphatic carbocycles. The van der Waals surface area contributed by atoms with Crippen LogP contribution in [0.2, 0.25) is 0 Å². The first kappa shape index (κ1) is 15.2. The molecular formula is C14H25NO3. The van der Waals surface area contributed by atoms with E-state index in [2.05, 4.69) is 25.2 Å². The quantitative estimate of drug-likeness (QED) is 0.446. The van der Waals surface area contributed by atoms with E-state index < -0.39 is 0 Å². The second-order valence-electron chi connectivity index (χ2n) is 5.14. The Morgan fingerprint density at radius 1 is 1.56 bits per heavy atom. The van der Waals surface area contributed by atoms with Gasteiger partial charge in [0, 0.05) is 13.7 Å². The van der Waals surface area contributed by atoms with E-state index in [1.54, 1.807) is 7.11 Å². The normalized spacial score (nSPS) is 25.4. The third-order valence-corrected chi connectivity index (χ3v) is 3.42. The van der Waals surface area contributed by atoms with E-state index in [4.69, 9.17) is 9.47 Å². The molecule has 0 radical (unpaired) electrons. The van der Waals surface area contributed by atoms with Gasteiger partial charge in [0.2, 0.25) is 0 Å². The Balaban J connectivity index is 2.64. The van der Waals surface area contributed by atoms with Crippen molar-refractivity contribution in [2.24, 2.45) is 11.8 Å². The fourth-order valence-electron chi connectivity index (χ4n) is 2.74. The van der Waals surface area contributed by atoms with E-state index in [1.165, 1.54) is 12.7 Å². The number of methoxy groups -OCH3 is 2. The topological polar surface area (TPSA) is 47.6 Å². The van der Waals surface area contributed by atoms with Crippen molar-refractivity contribution >= 4 is 5.97 Å². The largest absolute Gasteiger partial charge is 0.468 e. The molecule has 0 spiro atoms. The minimum Gasteiger partial charge on any atom is -0.468 e. The fraction of sp³-hybridized carbons (Fsp3) is 0.786. The van der Waals surface area contributed by atoms with Crippen molar-refractivity contribution in [1.29, 1.82) is 0 Å². The summed E-state index contributed by atoms with van der Waals surface area (Å²) in [4.78, 5) is 11.9. The predicted molar refractivity (Wildman–Crippen MR) is 71.3 cm³/mol. The van der Waals surface area contributed by atoms with Gasteiger partial charge in [0.05, 0.1) is 13.7 Å². The van der Waals surface area contributed by atoms with Gasteiger partial charge in [-0.3, -0.25) is 4.79 Å². The molecule has 0 amide bonds. The zero-order valence-corrected chi connectivity index (χ0v) is 11.9. The maximum Gasteiger partial charge on any atom is 0.323 e. The zero-order chi connectivity index (χ0) is 13.5. The third-order valence-electron chi connectivity index (χ3n) is 3.42. The van der Waals surface area contributed by atoms with Gasteiger partial charge in [-0.25, -0.2) is 0 Å². The van der Waals surface area contributed by atoms with Crippen LogP contribution in [0.3, 0.4) is 0 Å². The van der Waals surface area contributed by atoms with Crippen LogP contribution in [0.5, 0.6) is 0 Å². The Kier molecular flexibility index (Phi) is 6.36. The Bertz CT molecular complexity index is 301. The molecule has 1 N–H and O–H groups in total. The third kappa shape index (κ3) is 4.42. The predicted octanol–water partition coefficient (Wildman–Crippen LogP) is 1.76. The minimum absolute atomic E-state index is 0.169.